The third-order valence-electron chi connectivity index (χ3n) is 4.78. The molecule has 150 valence electrons. The lowest BCUT2D eigenvalue weighted by molar-refractivity contribution is -0.138. The van der Waals surface area contributed by atoms with Gasteiger partial charge in [-0.05, 0) is 30.2 Å². The minimum atomic E-state index is -1.07. The number of benzene rings is 1. The Morgan fingerprint density at radius 1 is 1.24 bits per heavy atom. The number of hydrogen-bond donors (Lipinski definition) is 1. The fourth-order valence-electron chi connectivity index (χ4n) is 3.30. The fourth-order valence-corrected chi connectivity index (χ4v) is 3.53. The Morgan fingerprint density at radius 2 is 2.00 bits per heavy atom. The number of carbonyl (C=O) groups is 2. The van der Waals surface area contributed by atoms with Crippen LogP contribution in [0.4, 0.5) is 5.82 Å². The van der Waals surface area contributed by atoms with Crippen molar-refractivity contribution >= 4 is 29.2 Å². The number of tetrazole rings is 1. The molecule has 0 radical (unpaired) electrons. The molecule has 1 aliphatic heterocycles. The molecule has 0 unspecified atom stereocenters. The lowest BCUT2D eigenvalue weighted by Gasteiger charge is -2.31. The number of rotatable bonds is 6. The Balaban J connectivity index is 1.39. The second kappa shape index (κ2) is 8.00. The third kappa shape index (κ3) is 4.11. The predicted molar refractivity (Wildman–Crippen MR) is 102 cm³/mol. The van der Waals surface area contributed by atoms with Crippen molar-refractivity contribution in [2.24, 2.45) is 5.92 Å². The van der Waals surface area contributed by atoms with Crippen molar-refractivity contribution in [3.8, 4) is 11.6 Å². The van der Waals surface area contributed by atoms with Crippen molar-refractivity contribution in [3.05, 3.63) is 40.9 Å². The van der Waals surface area contributed by atoms with Gasteiger partial charge in [0.2, 0.25) is 11.6 Å². The van der Waals surface area contributed by atoms with Crippen LogP contribution in [0.2, 0.25) is 5.02 Å². The molecule has 1 N–H and O–H groups in total. The fraction of sp³-hybridized carbons (Fsp3) is 0.333. The number of ketones is 1. The largest absolute Gasteiger partial charge is 0.480 e. The van der Waals surface area contributed by atoms with Crippen LogP contribution in [0.1, 0.15) is 23.2 Å². The highest BCUT2D eigenvalue weighted by molar-refractivity contribution is 6.34. The SMILES string of the molecule is O=C(O)Cn1nnc(-c2cc(N3CCC(C(=O)c4ccccc4Cl)CC3)no2)n1. The average Bonchev–Trinajstić information content (AvgIpc) is 3.37. The van der Waals surface area contributed by atoms with Crippen LogP contribution < -0.4 is 4.90 Å². The molecular weight excluding hydrogens is 400 g/mol. The van der Waals surface area contributed by atoms with Crippen LogP contribution >= 0.6 is 11.6 Å². The van der Waals surface area contributed by atoms with Crippen LogP contribution in [0.15, 0.2) is 34.9 Å². The molecule has 2 aromatic heterocycles. The number of halogens is 1. The van der Waals surface area contributed by atoms with Crippen LogP contribution in [0, 0.1) is 5.92 Å². The third-order valence-corrected chi connectivity index (χ3v) is 5.11. The zero-order chi connectivity index (χ0) is 20.4. The molecule has 1 saturated heterocycles. The van der Waals surface area contributed by atoms with Gasteiger partial charge in [0.05, 0.1) is 5.02 Å². The molecule has 10 nitrogen and oxygen atoms in total. The standard InChI is InChI=1S/C18H17ClN6O4/c19-13-4-2-1-3-12(13)17(28)11-5-7-24(8-6-11)15-9-14(29-22-15)18-20-23-25(21-18)10-16(26)27/h1-4,9,11H,5-8,10H2,(H,26,27). The summed E-state index contributed by atoms with van der Waals surface area (Å²) in [6.45, 7) is 0.902. The monoisotopic (exact) mass is 416 g/mol. The van der Waals surface area contributed by atoms with E-state index in [0.29, 0.717) is 48.1 Å². The maximum absolute atomic E-state index is 12.7. The quantitative estimate of drug-likeness (QED) is 0.601. The molecule has 0 bridgehead atoms. The molecule has 0 spiro atoms. The number of hydrogen-bond acceptors (Lipinski definition) is 8. The molecule has 4 rings (SSSR count). The van der Waals surface area contributed by atoms with Gasteiger partial charge in [-0.25, -0.2) is 0 Å². The Hall–Kier alpha value is -3.27. The molecule has 3 heterocycles. The van der Waals surface area contributed by atoms with Crippen molar-refractivity contribution in [2.45, 2.75) is 19.4 Å². The van der Waals surface area contributed by atoms with Crippen molar-refractivity contribution in [2.75, 3.05) is 18.0 Å². The number of carboxylic acid groups (broad SMARTS) is 1. The Labute approximate surface area is 170 Å². The summed E-state index contributed by atoms with van der Waals surface area (Å²) in [6.07, 6.45) is 1.36. The summed E-state index contributed by atoms with van der Waals surface area (Å²) in [7, 11) is 0. The van der Waals surface area contributed by atoms with E-state index in [1.807, 2.05) is 11.0 Å². The number of piperidine rings is 1. The number of carbonyl (C=O) groups excluding carboxylic acids is 1. The van der Waals surface area contributed by atoms with Gasteiger partial charge in [-0.3, -0.25) is 9.59 Å². The summed E-state index contributed by atoms with van der Waals surface area (Å²) in [6, 6.07) is 8.77. The smallest absolute Gasteiger partial charge is 0.327 e. The molecule has 3 aromatic rings. The van der Waals surface area contributed by atoms with E-state index in [9.17, 15) is 9.59 Å². The zero-order valence-corrected chi connectivity index (χ0v) is 16.0. The molecule has 0 atom stereocenters. The molecule has 0 saturated carbocycles. The number of nitrogens with zero attached hydrogens (tertiary/aromatic N) is 6. The number of aliphatic carboxylic acids is 1. The maximum atomic E-state index is 12.7. The summed E-state index contributed by atoms with van der Waals surface area (Å²) in [5, 5.41) is 24.7. The van der Waals surface area contributed by atoms with E-state index in [0.717, 1.165) is 4.80 Å². The van der Waals surface area contributed by atoms with Crippen LogP contribution in [-0.4, -0.2) is 55.3 Å². The highest BCUT2D eigenvalue weighted by atomic mass is 35.5. The number of Topliss-reactive ketones (excluding diaryl/α,β-unsaturated/α-hetero) is 1. The summed E-state index contributed by atoms with van der Waals surface area (Å²) in [4.78, 5) is 26.4. The zero-order valence-electron chi connectivity index (χ0n) is 15.2. The van der Waals surface area contributed by atoms with Crippen LogP contribution in [0.5, 0.6) is 0 Å². The van der Waals surface area contributed by atoms with Gasteiger partial charge in [-0.1, -0.05) is 28.9 Å². The van der Waals surface area contributed by atoms with E-state index < -0.39 is 5.97 Å². The van der Waals surface area contributed by atoms with Gasteiger partial charge >= 0.3 is 5.97 Å². The second-order valence-electron chi connectivity index (χ2n) is 6.69. The molecule has 1 aliphatic rings. The first-order valence-corrected chi connectivity index (χ1v) is 9.39. The molecule has 11 heteroatoms. The lowest BCUT2D eigenvalue weighted by atomic mass is 9.89. The van der Waals surface area contributed by atoms with Crippen LogP contribution in [0.3, 0.4) is 0 Å². The van der Waals surface area contributed by atoms with E-state index in [-0.39, 0.29) is 24.1 Å². The van der Waals surface area contributed by atoms with Crippen molar-refractivity contribution in [3.63, 3.8) is 0 Å². The van der Waals surface area contributed by atoms with E-state index in [1.54, 1.807) is 24.3 Å². The highest BCUT2D eigenvalue weighted by Gasteiger charge is 2.28. The summed E-state index contributed by atoms with van der Waals surface area (Å²) in [5.41, 5.74) is 0.562. The Bertz CT molecular complexity index is 1040. The van der Waals surface area contributed by atoms with E-state index in [1.165, 1.54) is 0 Å². The highest BCUT2D eigenvalue weighted by Crippen LogP contribution is 2.29. The minimum Gasteiger partial charge on any atom is -0.480 e. The number of aromatic nitrogens is 5. The van der Waals surface area contributed by atoms with Gasteiger partial charge in [0, 0.05) is 30.6 Å². The summed E-state index contributed by atoms with van der Waals surface area (Å²) < 4.78 is 5.28. The van der Waals surface area contributed by atoms with E-state index in [4.69, 9.17) is 21.2 Å². The minimum absolute atomic E-state index is 0.0651. The average molecular weight is 417 g/mol. The first-order valence-electron chi connectivity index (χ1n) is 9.01. The number of carboxylic acids is 1. The van der Waals surface area contributed by atoms with Gasteiger partial charge in [0.25, 0.3) is 0 Å². The first-order chi connectivity index (χ1) is 14.0. The molecular formula is C18H17ClN6O4. The van der Waals surface area contributed by atoms with E-state index >= 15 is 0 Å². The van der Waals surface area contributed by atoms with Crippen molar-refractivity contribution in [1.82, 2.24) is 25.4 Å². The predicted octanol–water partition coefficient (Wildman–Crippen LogP) is 2.17. The molecule has 1 aromatic carbocycles. The second-order valence-corrected chi connectivity index (χ2v) is 7.10. The van der Waals surface area contributed by atoms with Gasteiger partial charge in [0.1, 0.15) is 0 Å². The maximum Gasteiger partial charge on any atom is 0.327 e. The van der Waals surface area contributed by atoms with Gasteiger partial charge < -0.3 is 14.5 Å². The number of anilines is 1. The lowest BCUT2D eigenvalue weighted by Crippen LogP contribution is -2.36. The topological polar surface area (TPSA) is 127 Å². The Morgan fingerprint density at radius 3 is 2.72 bits per heavy atom. The van der Waals surface area contributed by atoms with Crippen LogP contribution in [0.25, 0.3) is 11.6 Å². The van der Waals surface area contributed by atoms with Gasteiger partial charge in [-0.2, -0.15) is 4.80 Å². The molecule has 0 aliphatic carbocycles. The summed E-state index contributed by atoms with van der Waals surface area (Å²) >= 11 is 6.15. The molecule has 1 fully saturated rings. The van der Waals surface area contributed by atoms with Gasteiger partial charge in [-0.15, -0.1) is 10.2 Å². The Kier molecular flexibility index (Phi) is 5.26. The normalized spacial score (nSPS) is 14.9. The van der Waals surface area contributed by atoms with E-state index in [2.05, 4.69) is 20.6 Å². The van der Waals surface area contributed by atoms with Crippen LogP contribution in [-0.2, 0) is 11.3 Å². The molecule has 0 amide bonds. The van der Waals surface area contributed by atoms with Gasteiger partial charge in [0.15, 0.2) is 18.1 Å². The summed E-state index contributed by atoms with van der Waals surface area (Å²) in [5.74, 6) is -0.0234. The first kappa shape index (κ1) is 19.1. The van der Waals surface area contributed by atoms with Crippen molar-refractivity contribution < 1.29 is 19.2 Å². The van der Waals surface area contributed by atoms with Crippen molar-refractivity contribution in [1.29, 1.82) is 0 Å². The molecule has 29 heavy (non-hydrogen) atoms.